The summed E-state index contributed by atoms with van der Waals surface area (Å²) in [7, 11) is 3.07. The molecule has 5 heteroatoms. The normalized spacial score (nSPS) is 9.69. The minimum absolute atomic E-state index is 0.146. The maximum atomic E-state index is 11.8. The maximum Gasteiger partial charge on any atom is 0.255 e. The van der Waals surface area contributed by atoms with E-state index in [-0.39, 0.29) is 5.91 Å². The highest BCUT2D eigenvalue weighted by Gasteiger charge is 2.15. The highest BCUT2D eigenvalue weighted by Crippen LogP contribution is 2.30. The summed E-state index contributed by atoms with van der Waals surface area (Å²) in [4.78, 5) is 11.8. The molecule has 4 nitrogen and oxygen atoms in total. The number of nitrogens with one attached hydrogen (secondary N) is 1. The van der Waals surface area contributed by atoms with Crippen molar-refractivity contribution in [3.8, 4) is 11.5 Å². The molecule has 0 bridgehead atoms. The fraction of sp³-hybridized carbons (Fsp3) is 0.364. The summed E-state index contributed by atoms with van der Waals surface area (Å²) in [6, 6.07) is 5.23. The molecule has 0 aliphatic carbocycles. The average Bonchev–Trinajstić information content (AvgIpc) is 2.34. The first kappa shape index (κ1) is 13.1. The smallest absolute Gasteiger partial charge is 0.255 e. The van der Waals surface area contributed by atoms with Crippen molar-refractivity contribution in [2.75, 3.05) is 25.2 Å². The monoisotopic (exact) mass is 335 g/mol. The number of benzene rings is 1. The number of carbonyl (C=O) groups is 1. The molecule has 0 saturated carbocycles. The van der Waals surface area contributed by atoms with Crippen LogP contribution in [0.2, 0.25) is 0 Å². The van der Waals surface area contributed by atoms with Crippen LogP contribution in [0.1, 0.15) is 10.4 Å². The van der Waals surface area contributed by atoms with Crippen LogP contribution in [-0.2, 0) is 0 Å². The van der Waals surface area contributed by atoms with Crippen LogP contribution in [0.5, 0.6) is 11.5 Å². The Morgan fingerprint density at radius 1 is 1.38 bits per heavy atom. The van der Waals surface area contributed by atoms with Crippen molar-refractivity contribution >= 4 is 28.5 Å². The van der Waals surface area contributed by atoms with Gasteiger partial charge in [-0.05, 0) is 12.1 Å². The molecule has 1 aromatic rings. The van der Waals surface area contributed by atoms with Gasteiger partial charge in [0, 0.05) is 11.0 Å². The molecule has 0 aliphatic heterocycles. The molecule has 0 aliphatic rings. The summed E-state index contributed by atoms with van der Waals surface area (Å²) in [5.74, 6) is 0.882. The first-order valence-electron chi connectivity index (χ1n) is 4.79. The van der Waals surface area contributed by atoms with Gasteiger partial charge in [0.05, 0.1) is 19.8 Å². The van der Waals surface area contributed by atoms with Crippen LogP contribution in [0, 0.1) is 0 Å². The van der Waals surface area contributed by atoms with E-state index < -0.39 is 0 Å². The van der Waals surface area contributed by atoms with Gasteiger partial charge in [-0.15, -0.1) is 0 Å². The third kappa shape index (κ3) is 3.01. The Labute approximate surface area is 108 Å². The molecule has 1 amide bonds. The van der Waals surface area contributed by atoms with Crippen molar-refractivity contribution in [3.05, 3.63) is 23.8 Å². The minimum atomic E-state index is -0.146. The number of amides is 1. The molecule has 0 heterocycles. The topological polar surface area (TPSA) is 47.6 Å². The lowest BCUT2D eigenvalue weighted by Crippen LogP contribution is -2.25. The summed E-state index contributed by atoms with van der Waals surface area (Å²) in [5, 5.41) is 2.79. The van der Waals surface area contributed by atoms with Gasteiger partial charge < -0.3 is 14.8 Å². The van der Waals surface area contributed by atoms with Gasteiger partial charge in [0.2, 0.25) is 0 Å². The fourth-order valence-corrected chi connectivity index (χ4v) is 1.59. The largest absolute Gasteiger partial charge is 0.493 e. The summed E-state index contributed by atoms with van der Waals surface area (Å²) < 4.78 is 11.2. The van der Waals surface area contributed by atoms with Gasteiger partial charge >= 0.3 is 0 Å². The molecule has 1 aromatic carbocycles. The Bertz CT molecular complexity index is 368. The van der Waals surface area contributed by atoms with Gasteiger partial charge in [0.15, 0.2) is 11.5 Å². The highest BCUT2D eigenvalue weighted by molar-refractivity contribution is 14.1. The molecule has 0 fully saturated rings. The van der Waals surface area contributed by atoms with E-state index in [1.807, 2.05) is 0 Å². The number of halogens is 1. The van der Waals surface area contributed by atoms with Crippen molar-refractivity contribution in [2.45, 2.75) is 0 Å². The second kappa shape index (κ2) is 6.57. The summed E-state index contributed by atoms with van der Waals surface area (Å²) in [5.41, 5.74) is 0.492. The van der Waals surface area contributed by atoms with Crippen molar-refractivity contribution in [3.63, 3.8) is 0 Å². The third-order valence-electron chi connectivity index (χ3n) is 2.03. The lowest BCUT2D eigenvalue weighted by atomic mass is 10.1. The molecular weight excluding hydrogens is 321 g/mol. The number of hydrogen-bond acceptors (Lipinski definition) is 3. The first-order valence-corrected chi connectivity index (χ1v) is 6.32. The Morgan fingerprint density at radius 2 is 2.12 bits per heavy atom. The van der Waals surface area contributed by atoms with Crippen molar-refractivity contribution in [1.29, 1.82) is 0 Å². The zero-order valence-electron chi connectivity index (χ0n) is 9.25. The molecule has 0 saturated heterocycles. The van der Waals surface area contributed by atoms with Gasteiger partial charge in [0.25, 0.3) is 5.91 Å². The molecule has 0 unspecified atom stereocenters. The number of methoxy groups -OCH3 is 2. The zero-order chi connectivity index (χ0) is 12.0. The number of carbonyl (C=O) groups excluding carboxylic acids is 1. The van der Waals surface area contributed by atoms with E-state index in [9.17, 15) is 4.79 Å². The Kier molecular flexibility index (Phi) is 5.37. The third-order valence-corrected chi connectivity index (χ3v) is 2.57. The number of alkyl halides is 1. The molecule has 0 aromatic heterocycles. The van der Waals surface area contributed by atoms with Crippen molar-refractivity contribution in [2.24, 2.45) is 0 Å². The van der Waals surface area contributed by atoms with E-state index in [1.54, 1.807) is 25.3 Å². The van der Waals surface area contributed by atoms with Gasteiger partial charge in [0.1, 0.15) is 0 Å². The van der Waals surface area contributed by atoms with Gasteiger partial charge in [-0.25, -0.2) is 0 Å². The molecule has 16 heavy (non-hydrogen) atoms. The summed E-state index contributed by atoms with van der Waals surface area (Å²) >= 11 is 2.20. The predicted octanol–water partition coefficient (Wildman–Crippen LogP) is 1.87. The molecule has 1 N–H and O–H groups in total. The molecular formula is C11H14INO3. The number of para-hydroxylation sites is 1. The second-order valence-electron chi connectivity index (χ2n) is 2.99. The minimum Gasteiger partial charge on any atom is -0.493 e. The maximum absolute atomic E-state index is 11.8. The number of hydrogen-bond donors (Lipinski definition) is 1. The zero-order valence-corrected chi connectivity index (χ0v) is 11.4. The van der Waals surface area contributed by atoms with Crippen molar-refractivity contribution < 1.29 is 14.3 Å². The van der Waals surface area contributed by atoms with Crippen LogP contribution in [0.3, 0.4) is 0 Å². The van der Waals surface area contributed by atoms with Gasteiger partial charge in [-0.2, -0.15) is 0 Å². The van der Waals surface area contributed by atoms with Crippen LogP contribution in [0.25, 0.3) is 0 Å². The van der Waals surface area contributed by atoms with E-state index in [0.717, 1.165) is 4.43 Å². The van der Waals surface area contributed by atoms with Crippen molar-refractivity contribution in [1.82, 2.24) is 5.32 Å². The second-order valence-corrected chi connectivity index (χ2v) is 4.06. The molecule has 1 rings (SSSR count). The van der Waals surface area contributed by atoms with Crippen LogP contribution in [0.4, 0.5) is 0 Å². The van der Waals surface area contributed by atoms with Crippen LogP contribution in [-0.4, -0.2) is 31.1 Å². The SMILES string of the molecule is COc1cccc(C(=O)NCCI)c1OC. The lowest BCUT2D eigenvalue weighted by molar-refractivity contribution is 0.0952. The Morgan fingerprint density at radius 3 is 2.69 bits per heavy atom. The van der Waals surface area contributed by atoms with E-state index in [4.69, 9.17) is 9.47 Å². The first-order chi connectivity index (χ1) is 7.74. The van der Waals surface area contributed by atoms with Gasteiger partial charge in [-0.1, -0.05) is 28.7 Å². The Hall–Kier alpha value is -0.980. The summed E-state index contributed by atoms with van der Waals surface area (Å²) in [6.07, 6.45) is 0. The van der Waals surface area contributed by atoms with Crippen LogP contribution < -0.4 is 14.8 Å². The predicted molar refractivity (Wildman–Crippen MR) is 70.8 cm³/mol. The molecule has 0 radical (unpaired) electrons. The van der Waals surface area contributed by atoms with Crippen LogP contribution in [0.15, 0.2) is 18.2 Å². The molecule has 0 spiro atoms. The highest BCUT2D eigenvalue weighted by atomic mass is 127. The fourth-order valence-electron chi connectivity index (χ4n) is 1.32. The lowest BCUT2D eigenvalue weighted by Gasteiger charge is -2.11. The van der Waals surface area contributed by atoms with E-state index in [0.29, 0.717) is 23.6 Å². The average molecular weight is 335 g/mol. The summed E-state index contributed by atoms with van der Waals surface area (Å²) in [6.45, 7) is 0.639. The molecule has 0 atom stereocenters. The standard InChI is InChI=1S/C11H14INO3/c1-15-9-5-3-4-8(10(9)16-2)11(14)13-7-6-12/h3-5H,6-7H2,1-2H3,(H,13,14). The number of rotatable bonds is 5. The van der Waals surface area contributed by atoms with E-state index >= 15 is 0 Å². The van der Waals surface area contributed by atoms with E-state index in [2.05, 4.69) is 27.9 Å². The van der Waals surface area contributed by atoms with Crippen LogP contribution >= 0.6 is 22.6 Å². The Balaban J connectivity index is 2.98. The van der Waals surface area contributed by atoms with Gasteiger partial charge in [-0.3, -0.25) is 4.79 Å². The quantitative estimate of drug-likeness (QED) is 0.660. The number of ether oxygens (including phenoxy) is 2. The molecule has 88 valence electrons. The van der Waals surface area contributed by atoms with E-state index in [1.165, 1.54) is 7.11 Å².